The molecule has 1 aromatic heterocycles. The molecule has 0 saturated carbocycles. The van der Waals surface area contributed by atoms with Gasteiger partial charge in [0.25, 0.3) is 0 Å². The van der Waals surface area contributed by atoms with Crippen molar-refractivity contribution in [1.82, 2.24) is 25.0 Å². The number of aryl methyl sites for hydroxylation is 1. The minimum atomic E-state index is -0.00684. The van der Waals surface area contributed by atoms with E-state index in [1.54, 1.807) is 6.33 Å². The van der Waals surface area contributed by atoms with Crippen LogP contribution < -0.4 is 10.6 Å². The fourth-order valence-corrected chi connectivity index (χ4v) is 3.54. The number of amides is 2. The molecule has 2 saturated heterocycles. The molecule has 0 aliphatic carbocycles. The van der Waals surface area contributed by atoms with Crippen molar-refractivity contribution < 1.29 is 4.79 Å². The van der Waals surface area contributed by atoms with Gasteiger partial charge in [0, 0.05) is 44.0 Å². The van der Waals surface area contributed by atoms with Crippen LogP contribution in [0.25, 0.3) is 11.4 Å². The SMILES string of the molecule is Cn1cnnc1-c1ccc(NC(=O)N2CC[C@@H]3CNC[C@@H]32)cc1. The average molecular weight is 312 g/mol. The molecule has 7 heteroatoms. The van der Waals surface area contributed by atoms with Crippen LogP contribution in [0.15, 0.2) is 30.6 Å². The molecule has 2 atom stereocenters. The summed E-state index contributed by atoms with van der Waals surface area (Å²) in [5.41, 5.74) is 1.78. The molecular formula is C16H20N6O. The number of nitrogens with zero attached hydrogens (tertiary/aromatic N) is 4. The van der Waals surface area contributed by atoms with Crippen molar-refractivity contribution in [3.05, 3.63) is 30.6 Å². The molecule has 2 aliphatic rings. The number of fused-ring (bicyclic) bond motifs is 1. The molecule has 0 unspecified atom stereocenters. The highest BCUT2D eigenvalue weighted by molar-refractivity contribution is 5.90. The number of hydrogen-bond acceptors (Lipinski definition) is 4. The van der Waals surface area contributed by atoms with Gasteiger partial charge >= 0.3 is 6.03 Å². The number of rotatable bonds is 2. The van der Waals surface area contributed by atoms with E-state index in [4.69, 9.17) is 0 Å². The summed E-state index contributed by atoms with van der Waals surface area (Å²) in [6, 6.07) is 8.04. The molecule has 3 heterocycles. The molecule has 2 aromatic rings. The van der Waals surface area contributed by atoms with Crippen LogP contribution in [0.2, 0.25) is 0 Å². The highest BCUT2D eigenvalue weighted by atomic mass is 16.2. The van der Waals surface area contributed by atoms with Crippen molar-refractivity contribution in [3.63, 3.8) is 0 Å². The Labute approximate surface area is 134 Å². The molecule has 0 radical (unpaired) electrons. The van der Waals surface area contributed by atoms with Crippen molar-refractivity contribution >= 4 is 11.7 Å². The van der Waals surface area contributed by atoms with Gasteiger partial charge in [0.1, 0.15) is 6.33 Å². The number of urea groups is 1. The van der Waals surface area contributed by atoms with Gasteiger partial charge in [0.15, 0.2) is 5.82 Å². The molecule has 1 aromatic carbocycles. The van der Waals surface area contributed by atoms with Crippen molar-refractivity contribution in [3.8, 4) is 11.4 Å². The largest absolute Gasteiger partial charge is 0.322 e. The summed E-state index contributed by atoms with van der Waals surface area (Å²) in [5.74, 6) is 1.42. The Morgan fingerprint density at radius 3 is 2.87 bits per heavy atom. The molecule has 0 bridgehead atoms. The monoisotopic (exact) mass is 312 g/mol. The lowest BCUT2D eigenvalue weighted by atomic mass is 10.1. The Kier molecular flexibility index (Phi) is 3.49. The molecule has 0 spiro atoms. The van der Waals surface area contributed by atoms with Crippen LogP contribution in [-0.4, -0.2) is 51.4 Å². The second kappa shape index (κ2) is 5.66. The summed E-state index contributed by atoms with van der Waals surface area (Å²) in [6.45, 7) is 2.78. The molecule has 120 valence electrons. The maximum absolute atomic E-state index is 12.5. The number of carbonyl (C=O) groups excluding carboxylic acids is 1. The van der Waals surface area contributed by atoms with Crippen LogP contribution in [0.4, 0.5) is 10.5 Å². The van der Waals surface area contributed by atoms with E-state index in [0.29, 0.717) is 12.0 Å². The van der Waals surface area contributed by atoms with Gasteiger partial charge in [0.2, 0.25) is 0 Å². The van der Waals surface area contributed by atoms with Crippen LogP contribution in [0.1, 0.15) is 6.42 Å². The van der Waals surface area contributed by atoms with Crippen LogP contribution in [-0.2, 0) is 7.05 Å². The van der Waals surface area contributed by atoms with Gasteiger partial charge in [0.05, 0.1) is 0 Å². The molecule has 2 aliphatic heterocycles. The van der Waals surface area contributed by atoms with Crippen LogP contribution >= 0.6 is 0 Å². The first-order valence-electron chi connectivity index (χ1n) is 7.95. The standard InChI is InChI=1S/C16H20N6O/c1-21-10-18-20-15(21)11-2-4-13(5-3-11)19-16(23)22-7-6-12-8-17-9-14(12)22/h2-5,10,12,14,17H,6-9H2,1H3,(H,19,23)/t12-,14+/m1/s1. The Hall–Kier alpha value is -2.41. The number of hydrogen-bond donors (Lipinski definition) is 2. The van der Waals surface area contributed by atoms with Gasteiger partial charge in [-0.15, -0.1) is 10.2 Å². The Bertz CT molecular complexity index is 710. The van der Waals surface area contributed by atoms with Crippen molar-refractivity contribution in [1.29, 1.82) is 0 Å². The van der Waals surface area contributed by atoms with Crippen LogP contribution in [0.3, 0.4) is 0 Å². The van der Waals surface area contributed by atoms with Crippen LogP contribution in [0, 0.1) is 5.92 Å². The van der Waals surface area contributed by atoms with E-state index in [2.05, 4.69) is 20.8 Å². The summed E-state index contributed by atoms with van der Waals surface area (Å²) < 4.78 is 1.87. The predicted octanol–water partition coefficient (Wildman–Crippen LogP) is 1.31. The zero-order chi connectivity index (χ0) is 15.8. The smallest absolute Gasteiger partial charge is 0.320 e. The molecule has 2 amide bonds. The van der Waals surface area contributed by atoms with Crippen molar-refractivity contribution in [2.75, 3.05) is 25.0 Å². The van der Waals surface area contributed by atoms with E-state index in [1.165, 1.54) is 0 Å². The second-order valence-corrected chi connectivity index (χ2v) is 6.24. The van der Waals surface area contributed by atoms with Gasteiger partial charge in [-0.25, -0.2) is 4.79 Å². The normalized spacial score (nSPS) is 23.1. The Morgan fingerprint density at radius 2 is 2.13 bits per heavy atom. The summed E-state index contributed by atoms with van der Waals surface area (Å²) in [4.78, 5) is 14.4. The summed E-state index contributed by atoms with van der Waals surface area (Å²) in [5, 5.41) is 14.3. The maximum atomic E-state index is 12.5. The fraction of sp³-hybridized carbons (Fsp3) is 0.438. The highest BCUT2D eigenvalue weighted by Crippen LogP contribution is 2.28. The number of anilines is 1. The first kappa shape index (κ1) is 14.2. The third-order valence-corrected chi connectivity index (χ3v) is 4.81. The lowest BCUT2D eigenvalue weighted by Gasteiger charge is -2.23. The van der Waals surface area contributed by atoms with E-state index in [0.717, 1.165) is 43.1 Å². The zero-order valence-corrected chi connectivity index (χ0v) is 13.1. The third-order valence-electron chi connectivity index (χ3n) is 4.81. The number of benzene rings is 1. The van der Waals surface area contributed by atoms with E-state index in [9.17, 15) is 4.79 Å². The number of carbonyl (C=O) groups is 1. The van der Waals surface area contributed by atoms with E-state index in [-0.39, 0.29) is 6.03 Å². The third kappa shape index (κ3) is 2.57. The van der Waals surface area contributed by atoms with E-state index in [1.807, 2.05) is 40.8 Å². The van der Waals surface area contributed by atoms with E-state index >= 15 is 0 Å². The van der Waals surface area contributed by atoms with Gasteiger partial charge in [-0.1, -0.05) is 0 Å². The van der Waals surface area contributed by atoms with Crippen LogP contribution in [0.5, 0.6) is 0 Å². The molecule has 7 nitrogen and oxygen atoms in total. The van der Waals surface area contributed by atoms with Gasteiger partial charge < -0.3 is 20.1 Å². The van der Waals surface area contributed by atoms with Crippen molar-refractivity contribution in [2.45, 2.75) is 12.5 Å². The first-order chi connectivity index (χ1) is 11.2. The maximum Gasteiger partial charge on any atom is 0.322 e. The second-order valence-electron chi connectivity index (χ2n) is 6.24. The highest BCUT2D eigenvalue weighted by Gasteiger charge is 2.39. The summed E-state index contributed by atoms with van der Waals surface area (Å²) in [6.07, 6.45) is 2.76. The molecule has 2 N–H and O–H groups in total. The quantitative estimate of drug-likeness (QED) is 0.877. The fourth-order valence-electron chi connectivity index (χ4n) is 3.54. The zero-order valence-electron chi connectivity index (χ0n) is 13.1. The van der Waals surface area contributed by atoms with Gasteiger partial charge in [-0.05, 0) is 36.6 Å². The average Bonchev–Trinajstić information content (AvgIpc) is 3.24. The summed E-state index contributed by atoms with van der Waals surface area (Å²) >= 11 is 0. The summed E-state index contributed by atoms with van der Waals surface area (Å²) in [7, 11) is 1.91. The predicted molar refractivity (Wildman–Crippen MR) is 86.9 cm³/mol. The number of aromatic nitrogens is 3. The lowest BCUT2D eigenvalue weighted by Crippen LogP contribution is -2.41. The Morgan fingerprint density at radius 1 is 1.30 bits per heavy atom. The van der Waals surface area contributed by atoms with Gasteiger partial charge in [-0.3, -0.25) is 0 Å². The molecule has 4 rings (SSSR count). The first-order valence-corrected chi connectivity index (χ1v) is 7.95. The number of likely N-dealkylation sites (tertiary alicyclic amines) is 1. The number of nitrogens with one attached hydrogen (secondary N) is 2. The van der Waals surface area contributed by atoms with E-state index < -0.39 is 0 Å². The van der Waals surface area contributed by atoms with Crippen molar-refractivity contribution in [2.24, 2.45) is 13.0 Å². The Balaban J connectivity index is 1.45. The molecule has 23 heavy (non-hydrogen) atoms. The lowest BCUT2D eigenvalue weighted by molar-refractivity contribution is 0.206. The topological polar surface area (TPSA) is 75.1 Å². The minimum Gasteiger partial charge on any atom is -0.320 e. The van der Waals surface area contributed by atoms with Gasteiger partial charge in [-0.2, -0.15) is 0 Å². The minimum absolute atomic E-state index is 0.00684. The molecular weight excluding hydrogens is 292 g/mol. The molecule has 2 fully saturated rings.